The number of nitrogens with zero attached hydrogens (tertiary/aromatic N) is 4. The van der Waals surface area contributed by atoms with E-state index in [2.05, 4.69) is 70.1 Å². The van der Waals surface area contributed by atoms with Gasteiger partial charge < -0.3 is 15.1 Å². The van der Waals surface area contributed by atoms with E-state index in [1.807, 2.05) is 6.92 Å². The third-order valence-corrected chi connectivity index (χ3v) is 4.90. The molecule has 0 saturated carbocycles. The molecule has 0 bridgehead atoms. The highest BCUT2D eigenvalue weighted by molar-refractivity contribution is 5.58. The second-order valence-electron chi connectivity index (χ2n) is 6.78. The van der Waals surface area contributed by atoms with Crippen molar-refractivity contribution in [3.05, 3.63) is 41.2 Å². The average molecular weight is 339 g/mol. The minimum Gasteiger partial charge on any atom is -0.370 e. The van der Waals surface area contributed by atoms with Crippen LogP contribution in [0.25, 0.3) is 0 Å². The predicted molar refractivity (Wildman–Crippen MR) is 106 cm³/mol. The van der Waals surface area contributed by atoms with Crippen LogP contribution in [0.15, 0.2) is 24.3 Å². The maximum Gasteiger partial charge on any atom is 0.134 e. The van der Waals surface area contributed by atoms with Gasteiger partial charge in [-0.25, -0.2) is 9.97 Å². The summed E-state index contributed by atoms with van der Waals surface area (Å²) in [4.78, 5) is 14.0. The van der Waals surface area contributed by atoms with Gasteiger partial charge in [-0.15, -0.1) is 0 Å². The van der Waals surface area contributed by atoms with Crippen LogP contribution in [0, 0.1) is 20.8 Å². The topological polar surface area (TPSA) is 44.3 Å². The van der Waals surface area contributed by atoms with Gasteiger partial charge in [0, 0.05) is 44.5 Å². The summed E-state index contributed by atoms with van der Waals surface area (Å²) in [6, 6.07) is 8.66. The molecule has 0 unspecified atom stereocenters. The molecule has 0 radical (unpaired) electrons. The van der Waals surface area contributed by atoms with Crippen LogP contribution < -0.4 is 15.1 Å². The summed E-state index contributed by atoms with van der Waals surface area (Å²) >= 11 is 0. The van der Waals surface area contributed by atoms with Gasteiger partial charge in [-0.05, 0) is 44.4 Å². The monoisotopic (exact) mass is 339 g/mol. The Labute approximate surface area is 151 Å². The zero-order valence-electron chi connectivity index (χ0n) is 15.8. The summed E-state index contributed by atoms with van der Waals surface area (Å²) in [6.07, 6.45) is 1.09. The van der Waals surface area contributed by atoms with Crippen LogP contribution in [0.4, 0.5) is 17.3 Å². The molecule has 3 rings (SSSR count). The van der Waals surface area contributed by atoms with Gasteiger partial charge in [0.05, 0.1) is 0 Å². The second kappa shape index (κ2) is 7.72. The molecule has 134 valence electrons. The minimum absolute atomic E-state index is 0.827. The third kappa shape index (κ3) is 4.03. The first-order valence-corrected chi connectivity index (χ1v) is 9.24. The van der Waals surface area contributed by atoms with Gasteiger partial charge in [0.1, 0.15) is 17.5 Å². The quantitative estimate of drug-likeness (QED) is 0.902. The van der Waals surface area contributed by atoms with E-state index in [0.29, 0.717) is 0 Å². The lowest BCUT2D eigenvalue weighted by Crippen LogP contribution is -2.47. The predicted octanol–water partition coefficient (Wildman–Crippen LogP) is 3.55. The van der Waals surface area contributed by atoms with E-state index < -0.39 is 0 Å². The first-order valence-electron chi connectivity index (χ1n) is 9.24. The largest absolute Gasteiger partial charge is 0.370 e. The van der Waals surface area contributed by atoms with Gasteiger partial charge in [-0.2, -0.15) is 0 Å². The van der Waals surface area contributed by atoms with Crippen molar-refractivity contribution in [3.8, 4) is 0 Å². The van der Waals surface area contributed by atoms with Crippen LogP contribution in [-0.4, -0.2) is 42.7 Å². The molecule has 2 heterocycles. The summed E-state index contributed by atoms with van der Waals surface area (Å²) in [5.41, 5.74) is 4.11. The van der Waals surface area contributed by atoms with Gasteiger partial charge in [-0.3, -0.25) is 0 Å². The number of aromatic nitrogens is 2. The van der Waals surface area contributed by atoms with E-state index in [9.17, 15) is 0 Å². The summed E-state index contributed by atoms with van der Waals surface area (Å²) < 4.78 is 0. The Hall–Kier alpha value is -2.30. The van der Waals surface area contributed by atoms with Crippen molar-refractivity contribution in [1.82, 2.24) is 9.97 Å². The van der Waals surface area contributed by atoms with Crippen LogP contribution in [0.3, 0.4) is 0 Å². The van der Waals surface area contributed by atoms with Crippen molar-refractivity contribution < 1.29 is 0 Å². The molecule has 5 nitrogen and oxygen atoms in total. The highest BCUT2D eigenvalue weighted by atomic mass is 15.3. The van der Waals surface area contributed by atoms with E-state index in [1.165, 1.54) is 16.8 Å². The first kappa shape index (κ1) is 17.5. The van der Waals surface area contributed by atoms with Gasteiger partial charge >= 0.3 is 0 Å². The van der Waals surface area contributed by atoms with Crippen molar-refractivity contribution in [2.75, 3.05) is 47.8 Å². The van der Waals surface area contributed by atoms with Gasteiger partial charge in [0.25, 0.3) is 0 Å². The maximum atomic E-state index is 4.65. The Balaban J connectivity index is 1.70. The minimum atomic E-state index is 0.827. The van der Waals surface area contributed by atoms with Crippen LogP contribution in [-0.2, 0) is 0 Å². The van der Waals surface area contributed by atoms with Crippen LogP contribution in [0.1, 0.15) is 30.3 Å². The molecule has 0 spiro atoms. The number of hydrogen-bond acceptors (Lipinski definition) is 5. The number of aryl methyl sites for hydroxylation is 2. The van der Waals surface area contributed by atoms with Crippen LogP contribution >= 0.6 is 0 Å². The normalized spacial score (nSPS) is 14.7. The highest BCUT2D eigenvalue weighted by Crippen LogP contribution is 2.25. The zero-order valence-corrected chi connectivity index (χ0v) is 15.8. The highest BCUT2D eigenvalue weighted by Gasteiger charge is 2.20. The first-order chi connectivity index (χ1) is 12.1. The number of anilines is 3. The van der Waals surface area contributed by atoms with E-state index in [4.69, 9.17) is 0 Å². The second-order valence-corrected chi connectivity index (χ2v) is 6.78. The summed E-state index contributed by atoms with van der Waals surface area (Å²) in [5, 5.41) is 3.37. The molecular weight excluding hydrogens is 310 g/mol. The number of piperazine rings is 1. The summed E-state index contributed by atoms with van der Waals surface area (Å²) in [7, 11) is 0. The standard InChI is InChI=1S/C20H29N5/c1-5-9-21-19-14-20(23-17(4)22-19)25-12-10-24(11-13-25)18-8-6-7-15(2)16(18)3/h6-8,14H,5,9-13H2,1-4H3,(H,21,22,23). The molecule has 25 heavy (non-hydrogen) atoms. The number of nitrogens with one attached hydrogen (secondary N) is 1. The molecule has 1 aromatic carbocycles. The number of rotatable bonds is 5. The van der Waals surface area contributed by atoms with Crippen molar-refractivity contribution in [3.63, 3.8) is 0 Å². The Morgan fingerprint density at radius 1 is 1.00 bits per heavy atom. The smallest absolute Gasteiger partial charge is 0.134 e. The molecule has 1 aliphatic rings. The molecule has 1 N–H and O–H groups in total. The third-order valence-electron chi connectivity index (χ3n) is 4.90. The van der Waals surface area contributed by atoms with Crippen molar-refractivity contribution in [2.45, 2.75) is 34.1 Å². The Kier molecular flexibility index (Phi) is 5.41. The number of hydrogen-bond donors (Lipinski definition) is 1. The molecule has 1 fully saturated rings. The molecular formula is C20H29N5. The Morgan fingerprint density at radius 2 is 1.72 bits per heavy atom. The molecule has 0 amide bonds. The van der Waals surface area contributed by atoms with E-state index >= 15 is 0 Å². The van der Waals surface area contributed by atoms with Crippen molar-refractivity contribution in [1.29, 1.82) is 0 Å². The number of benzene rings is 1. The molecule has 0 aliphatic carbocycles. The lowest BCUT2D eigenvalue weighted by atomic mass is 10.1. The molecule has 1 aromatic heterocycles. The van der Waals surface area contributed by atoms with Crippen LogP contribution in [0.2, 0.25) is 0 Å². The molecule has 5 heteroatoms. The molecule has 2 aromatic rings. The molecule has 1 aliphatic heterocycles. The van der Waals surface area contributed by atoms with Crippen LogP contribution in [0.5, 0.6) is 0 Å². The fourth-order valence-corrected chi connectivity index (χ4v) is 3.31. The van der Waals surface area contributed by atoms with Gasteiger partial charge in [0.2, 0.25) is 0 Å². The van der Waals surface area contributed by atoms with E-state index in [1.54, 1.807) is 0 Å². The van der Waals surface area contributed by atoms with Crippen molar-refractivity contribution in [2.24, 2.45) is 0 Å². The molecule has 1 saturated heterocycles. The summed E-state index contributed by atoms with van der Waals surface area (Å²) in [6.45, 7) is 13.5. The Morgan fingerprint density at radius 3 is 2.44 bits per heavy atom. The maximum absolute atomic E-state index is 4.65. The fraction of sp³-hybridized carbons (Fsp3) is 0.500. The Bertz CT molecular complexity index is 720. The van der Waals surface area contributed by atoms with E-state index in [0.717, 1.165) is 56.6 Å². The SMILES string of the molecule is CCCNc1cc(N2CCN(c3cccc(C)c3C)CC2)nc(C)n1. The average Bonchev–Trinajstić information content (AvgIpc) is 2.62. The van der Waals surface area contributed by atoms with Crippen molar-refractivity contribution >= 4 is 17.3 Å². The van der Waals surface area contributed by atoms with E-state index in [-0.39, 0.29) is 0 Å². The van der Waals surface area contributed by atoms with Gasteiger partial charge in [-0.1, -0.05) is 19.1 Å². The molecule has 0 atom stereocenters. The lowest BCUT2D eigenvalue weighted by molar-refractivity contribution is 0.644. The lowest BCUT2D eigenvalue weighted by Gasteiger charge is -2.37. The zero-order chi connectivity index (χ0) is 17.8. The summed E-state index contributed by atoms with van der Waals surface area (Å²) in [5.74, 6) is 2.79. The van der Waals surface area contributed by atoms with Gasteiger partial charge in [0.15, 0.2) is 0 Å². The fourth-order valence-electron chi connectivity index (χ4n) is 3.31.